The minimum Gasteiger partial charge on any atom is -0.345 e. The Morgan fingerprint density at radius 2 is 1.73 bits per heavy atom. The summed E-state index contributed by atoms with van der Waals surface area (Å²) in [5, 5.41) is 5.57. The van der Waals surface area contributed by atoms with E-state index in [2.05, 4.69) is 10.6 Å². The fraction of sp³-hybridized carbons (Fsp3) is 0.550. The summed E-state index contributed by atoms with van der Waals surface area (Å²) in [7, 11) is 0. The summed E-state index contributed by atoms with van der Waals surface area (Å²) in [5.74, 6) is -0.285. The van der Waals surface area contributed by atoms with Crippen LogP contribution in [-0.4, -0.2) is 41.8 Å². The van der Waals surface area contributed by atoms with E-state index >= 15 is 0 Å². The van der Waals surface area contributed by atoms with Crippen LogP contribution in [-0.2, 0) is 14.4 Å². The smallest absolute Gasteiger partial charge is 0.243 e. The van der Waals surface area contributed by atoms with Crippen LogP contribution >= 0.6 is 0 Å². The highest BCUT2D eigenvalue weighted by atomic mass is 16.2. The lowest BCUT2D eigenvalue weighted by molar-refractivity contribution is -0.139. The van der Waals surface area contributed by atoms with E-state index in [4.69, 9.17) is 0 Å². The number of aryl methyl sites for hydroxylation is 3. The largest absolute Gasteiger partial charge is 0.345 e. The van der Waals surface area contributed by atoms with Crippen molar-refractivity contribution in [2.75, 3.05) is 18.4 Å². The fourth-order valence-electron chi connectivity index (χ4n) is 3.71. The van der Waals surface area contributed by atoms with Crippen LogP contribution in [0.5, 0.6) is 0 Å². The summed E-state index contributed by atoms with van der Waals surface area (Å²) in [5.41, 5.74) is 3.94. The monoisotopic (exact) mass is 357 g/mol. The quantitative estimate of drug-likeness (QED) is 0.847. The van der Waals surface area contributed by atoms with Crippen molar-refractivity contribution >= 4 is 23.4 Å². The number of amides is 3. The zero-order chi connectivity index (χ0) is 18.8. The standard InChI is InChI=1S/C20H27N3O3/c1-12-9-13(2)18(14(3)10-12)22-17(24)11-21-19(25)16-5-4-8-23(16)20(26)15-6-7-15/h9-10,15-16H,4-8,11H2,1-3H3,(H,21,25)(H,22,24). The lowest BCUT2D eigenvalue weighted by atomic mass is 10.1. The van der Waals surface area contributed by atoms with Gasteiger partial charge in [-0.05, 0) is 57.6 Å². The lowest BCUT2D eigenvalue weighted by Gasteiger charge is -2.24. The minimum atomic E-state index is -0.432. The van der Waals surface area contributed by atoms with Gasteiger partial charge in [-0.25, -0.2) is 0 Å². The highest BCUT2D eigenvalue weighted by Crippen LogP contribution is 2.33. The number of hydrogen-bond acceptors (Lipinski definition) is 3. The molecule has 2 fully saturated rings. The van der Waals surface area contributed by atoms with E-state index in [1.54, 1.807) is 4.90 Å². The Hall–Kier alpha value is -2.37. The molecule has 26 heavy (non-hydrogen) atoms. The van der Waals surface area contributed by atoms with Crippen LogP contribution < -0.4 is 10.6 Å². The van der Waals surface area contributed by atoms with E-state index < -0.39 is 6.04 Å². The van der Waals surface area contributed by atoms with Gasteiger partial charge in [0.25, 0.3) is 0 Å². The minimum absolute atomic E-state index is 0.0897. The van der Waals surface area contributed by atoms with Gasteiger partial charge in [-0.3, -0.25) is 14.4 Å². The van der Waals surface area contributed by atoms with Crippen molar-refractivity contribution in [2.24, 2.45) is 5.92 Å². The van der Waals surface area contributed by atoms with Gasteiger partial charge in [0.05, 0.1) is 6.54 Å². The molecule has 1 atom stereocenters. The van der Waals surface area contributed by atoms with Crippen LogP contribution in [0.15, 0.2) is 12.1 Å². The molecular formula is C20H27N3O3. The molecule has 1 aromatic rings. The Morgan fingerprint density at radius 1 is 1.08 bits per heavy atom. The van der Waals surface area contributed by atoms with Crippen LogP contribution in [0.3, 0.4) is 0 Å². The third-order valence-electron chi connectivity index (χ3n) is 5.13. The van der Waals surface area contributed by atoms with Crippen LogP contribution in [0.25, 0.3) is 0 Å². The molecule has 0 aromatic heterocycles. The molecule has 3 amide bonds. The van der Waals surface area contributed by atoms with Gasteiger partial charge >= 0.3 is 0 Å². The van der Waals surface area contributed by atoms with Crippen LogP contribution in [0.1, 0.15) is 42.4 Å². The first-order valence-electron chi connectivity index (χ1n) is 9.32. The normalized spacial score (nSPS) is 19.3. The third kappa shape index (κ3) is 4.06. The van der Waals surface area contributed by atoms with Crippen molar-refractivity contribution in [1.29, 1.82) is 0 Å². The molecule has 2 aliphatic rings. The molecule has 1 aromatic carbocycles. The Labute approximate surface area is 154 Å². The van der Waals surface area contributed by atoms with Gasteiger partial charge in [-0.2, -0.15) is 0 Å². The van der Waals surface area contributed by atoms with Crippen molar-refractivity contribution in [2.45, 2.75) is 52.5 Å². The highest BCUT2D eigenvalue weighted by molar-refractivity contribution is 5.97. The number of carbonyl (C=O) groups excluding carboxylic acids is 3. The van der Waals surface area contributed by atoms with Gasteiger partial charge in [0.1, 0.15) is 6.04 Å². The SMILES string of the molecule is Cc1cc(C)c(NC(=O)CNC(=O)C2CCCN2C(=O)C2CC2)c(C)c1. The molecule has 6 nitrogen and oxygen atoms in total. The Balaban J connectivity index is 1.54. The molecule has 1 aliphatic heterocycles. The van der Waals surface area contributed by atoms with Gasteiger partial charge in [-0.15, -0.1) is 0 Å². The molecule has 0 bridgehead atoms. The topological polar surface area (TPSA) is 78.5 Å². The summed E-state index contributed by atoms with van der Waals surface area (Å²) < 4.78 is 0. The van der Waals surface area contributed by atoms with E-state index in [-0.39, 0.29) is 30.2 Å². The fourth-order valence-corrected chi connectivity index (χ4v) is 3.71. The summed E-state index contributed by atoms with van der Waals surface area (Å²) in [4.78, 5) is 38.7. The maximum Gasteiger partial charge on any atom is 0.243 e. The number of nitrogens with one attached hydrogen (secondary N) is 2. The average Bonchev–Trinajstić information content (AvgIpc) is 3.31. The zero-order valence-corrected chi connectivity index (χ0v) is 15.7. The van der Waals surface area contributed by atoms with Crippen molar-refractivity contribution in [1.82, 2.24) is 10.2 Å². The molecule has 3 rings (SSSR count). The van der Waals surface area contributed by atoms with E-state index in [1.807, 2.05) is 32.9 Å². The number of benzene rings is 1. The molecule has 0 radical (unpaired) electrons. The van der Waals surface area contributed by atoms with E-state index in [0.717, 1.165) is 41.6 Å². The van der Waals surface area contributed by atoms with E-state index in [1.165, 1.54) is 0 Å². The second-order valence-corrected chi connectivity index (χ2v) is 7.50. The highest BCUT2D eigenvalue weighted by Gasteiger charge is 2.40. The van der Waals surface area contributed by atoms with Gasteiger partial charge in [0, 0.05) is 18.2 Å². The average molecular weight is 357 g/mol. The first-order chi connectivity index (χ1) is 12.4. The molecule has 1 aliphatic carbocycles. The maximum atomic E-state index is 12.5. The van der Waals surface area contributed by atoms with Crippen LogP contribution in [0.2, 0.25) is 0 Å². The number of anilines is 1. The molecule has 1 heterocycles. The van der Waals surface area contributed by atoms with Gasteiger partial charge in [-0.1, -0.05) is 17.7 Å². The zero-order valence-electron chi connectivity index (χ0n) is 15.7. The molecule has 0 spiro atoms. The molecule has 1 saturated carbocycles. The van der Waals surface area contributed by atoms with E-state index in [9.17, 15) is 14.4 Å². The molecular weight excluding hydrogens is 330 g/mol. The first-order valence-corrected chi connectivity index (χ1v) is 9.32. The van der Waals surface area contributed by atoms with Crippen molar-refractivity contribution < 1.29 is 14.4 Å². The van der Waals surface area contributed by atoms with Gasteiger partial charge in [0.15, 0.2) is 0 Å². The molecule has 140 valence electrons. The Bertz CT molecular complexity index is 717. The van der Waals surface area contributed by atoms with E-state index in [0.29, 0.717) is 13.0 Å². The number of nitrogens with zero attached hydrogens (tertiary/aromatic N) is 1. The Morgan fingerprint density at radius 3 is 2.35 bits per heavy atom. The van der Waals surface area contributed by atoms with Crippen LogP contribution in [0, 0.1) is 26.7 Å². The van der Waals surface area contributed by atoms with Crippen molar-refractivity contribution in [3.8, 4) is 0 Å². The van der Waals surface area contributed by atoms with Gasteiger partial charge < -0.3 is 15.5 Å². The molecule has 1 saturated heterocycles. The summed E-state index contributed by atoms with van der Waals surface area (Å²) in [6.45, 7) is 6.47. The van der Waals surface area contributed by atoms with Gasteiger partial charge in [0.2, 0.25) is 17.7 Å². The predicted molar refractivity (Wildman–Crippen MR) is 99.8 cm³/mol. The lowest BCUT2D eigenvalue weighted by Crippen LogP contribution is -2.48. The molecule has 1 unspecified atom stereocenters. The molecule has 6 heteroatoms. The Kier molecular flexibility index (Phi) is 5.30. The molecule has 2 N–H and O–H groups in total. The number of hydrogen-bond donors (Lipinski definition) is 2. The summed E-state index contributed by atoms with van der Waals surface area (Å²) >= 11 is 0. The summed E-state index contributed by atoms with van der Waals surface area (Å²) in [6, 6.07) is 3.60. The second-order valence-electron chi connectivity index (χ2n) is 7.50. The summed E-state index contributed by atoms with van der Waals surface area (Å²) in [6.07, 6.45) is 3.37. The number of likely N-dealkylation sites (tertiary alicyclic amines) is 1. The van der Waals surface area contributed by atoms with Crippen molar-refractivity contribution in [3.05, 3.63) is 28.8 Å². The van der Waals surface area contributed by atoms with Crippen LogP contribution in [0.4, 0.5) is 5.69 Å². The predicted octanol–water partition coefficient (Wildman–Crippen LogP) is 2.07. The first kappa shape index (κ1) is 18.4. The third-order valence-corrected chi connectivity index (χ3v) is 5.13. The van der Waals surface area contributed by atoms with Crippen molar-refractivity contribution in [3.63, 3.8) is 0 Å². The maximum absolute atomic E-state index is 12.5. The number of rotatable bonds is 5. The second kappa shape index (κ2) is 7.48. The number of carbonyl (C=O) groups is 3.